The molecule has 0 aliphatic rings. The van der Waals surface area contributed by atoms with Crippen LogP contribution in [0.3, 0.4) is 0 Å². The van der Waals surface area contributed by atoms with Gasteiger partial charge in [0.05, 0.1) is 11.7 Å². The molecule has 1 rings (SSSR count). The van der Waals surface area contributed by atoms with Gasteiger partial charge < -0.3 is 5.73 Å². The highest BCUT2D eigenvalue weighted by atomic mass is 16.1. The van der Waals surface area contributed by atoms with Gasteiger partial charge in [0.25, 0.3) is 5.56 Å². The molecule has 0 radical (unpaired) electrons. The molecule has 1 aromatic heterocycles. The molecule has 0 bridgehead atoms. The number of nitrogen functional groups attached to an aromatic ring is 1. The fraction of sp³-hybridized carbons (Fsp3) is 0.786. The summed E-state index contributed by atoms with van der Waals surface area (Å²) in [6, 6.07) is 0.201. The molecule has 4 heteroatoms. The summed E-state index contributed by atoms with van der Waals surface area (Å²) in [6.45, 7) is 11.5. The SMILES string of the molecule is CCCn1c(CC(C)C)c(N)c(=O)n1C(C)CC. The summed E-state index contributed by atoms with van der Waals surface area (Å²) in [4.78, 5) is 12.3. The molecule has 0 aromatic carbocycles. The molecule has 104 valence electrons. The van der Waals surface area contributed by atoms with Crippen LogP contribution in [0.1, 0.15) is 59.2 Å². The lowest BCUT2D eigenvalue weighted by molar-refractivity contribution is 0.358. The molecule has 1 atom stereocenters. The lowest BCUT2D eigenvalue weighted by Gasteiger charge is -2.19. The molecule has 0 fully saturated rings. The van der Waals surface area contributed by atoms with E-state index in [9.17, 15) is 4.79 Å². The van der Waals surface area contributed by atoms with Crippen LogP contribution in [0, 0.1) is 5.92 Å². The van der Waals surface area contributed by atoms with Crippen LogP contribution in [0.4, 0.5) is 5.69 Å². The molecule has 0 saturated carbocycles. The molecule has 0 spiro atoms. The molecule has 2 N–H and O–H groups in total. The fourth-order valence-corrected chi connectivity index (χ4v) is 2.29. The number of hydrogen-bond donors (Lipinski definition) is 1. The van der Waals surface area contributed by atoms with Gasteiger partial charge in [0.1, 0.15) is 5.69 Å². The summed E-state index contributed by atoms with van der Waals surface area (Å²) in [5, 5.41) is 0. The molecule has 0 amide bonds. The van der Waals surface area contributed by atoms with Crippen LogP contribution in [0.25, 0.3) is 0 Å². The summed E-state index contributed by atoms with van der Waals surface area (Å²) in [6.07, 6.45) is 2.81. The van der Waals surface area contributed by atoms with E-state index >= 15 is 0 Å². The van der Waals surface area contributed by atoms with Crippen molar-refractivity contribution >= 4 is 5.69 Å². The molecule has 0 saturated heterocycles. The largest absolute Gasteiger partial charge is 0.393 e. The Bertz CT molecular complexity index is 443. The van der Waals surface area contributed by atoms with E-state index < -0.39 is 0 Å². The monoisotopic (exact) mass is 253 g/mol. The third-order valence-electron chi connectivity index (χ3n) is 3.37. The van der Waals surface area contributed by atoms with Crippen LogP contribution in [0.15, 0.2) is 4.79 Å². The number of nitrogens with two attached hydrogens (primary N) is 1. The van der Waals surface area contributed by atoms with Crippen molar-refractivity contribution in [2.75, 3.05) is 5.73 Å². The average Bonchev–Trinajstić information content (AvgIpc) is 2.53. The zero-order valence-electron chi connectivity index (χ0n) is 12.4. The lowest BCUT2D eigenvalue weighted by Crippen LogP contribution is -2.27. The van der Waals surface area contributed by atoms with E-state index in [2.05, 4.69) is 39.3 Å². The number of anilines is 1. The van der Waals surface area contributed by atoms with Gasteiger partial charge >= 0.3 is 0 Å². The van der Waals surface area contributed by atoms with Crippen molar-refractivity contribution < 1.29 is 0 Å². The third kappa shape index (κ3) is 2.79. The van der Waals surface area contributed by atoms with Crippen LogP contribution in [0.2, 0.25) is 0 Å². The van der Waals surface area contributed by atoms with Gasteiger partial charge in [-0.1, -0.05) is 27.7 Å². The van der Waals surface area contributed by atoms with E-state index in [1.165, 1.54) is 0 Å². The Labute approximate surface area is 110 Å². The first-order valence-corrected chi connectivity index (χ1v) is 7.03. The zero-order chi connectivity index (χ0) is 13.9. The Hall–Kier alpha value is -1.19. The van der Waals surface area contributed by atoms with Gasteiger partial charge in [0.2, 0.25) is 0 Å². The van der Waals surface area contributed by atoms with Gasteiger partial charge in [-0.3, -0.25) is 9.48 Å². The summed E-state index contributed by atoms with van der Waals surface area (Å²) < 4.78 is 3.95. The quantitative estimate of drug-likeness (QED) is 0.847. The van der Waals surface area contributed by atoms with Crippen LogP contribution in [-0.4, -0.2) is 9.36 Å². The first-order chi connectivity index (χ1) is 8.43. The maximum Gasteiger partial charge on any atom is 0.290 e. The van der Waals surface area contributed by atoms with Crippen molar-refractivity contribution in [3.8, 4) is 0 Å². The normalized spacial score (nSPS) is 13.2. The standard InChI is InChI=1S/C14H27N3O/c1-6-8-16-12(9-10(3)4)13(15)14(18)17(16)11(5)7-2/h10-11H,6-9,15H2,1-5H3. The van der Waals surface area contributed by atoms with E-state index in [0.717, 1.165) is 31.5 Å². The first-order valence-electron chi connectivity index (χ1n) is 7.03. The number of rotatable bonds is 6. The Morgan fingerprint density at radius 1 is 1.22 bits per heavy atom. The highest BCUT2D eigenvalue weighted by Crippen LogP contribution is 2.18. The van der Waals surface area contributed by atoms with Crippen LogP contribution >= 0.6 is 0 Å². The molecule has 1 unspecified atom stereocenters. The second kappa shape index (κ2) is 6.12. The van der Waals surface area contributed by atoms with Crippen molar-refractivity contribution in [1.82, 2.24) is 9.36 Å². The first kappa shape index (κ1) is 14.9. The molecule has 0 aliphatic heterocycles. The van der Waals surface area contributed by atoms with Gasteiger partial charge in [-0.05, 0) is 32.1 Å². The molecule has 1 heterocycles. The summed E-state index contributed by atoms with van der Waals surface area (Å²) in [7, 11) is 0. The van der Waals surface area contributed by atoms with E-state index in [-0.39, 0.29) is 11.6 Å². The maximum absolute atomic E-state index is 12.3. The lowest BCUT2D eigenvalue weighted by atomic mass is 10.1. The molecule has 4 nitrogen and oxygen atoms in total. The predicted molar refractivity (Wildman–Crippen MR) is 76.9 cm³/mol. The number of nitrogens with zero attached hydrogens (tertiary/aromatic N) is 2. The second-order valence-corrected chi connectivity index (χ2v) is 5.49. The highest BCUT2D eigenvalue weighted by molar-refractivity contribution is 5.42. The zero-order valence-corrected chi connectivity index (χ0v) is 12.4. The molecular formula is C14H27N3O. The Morgan fingerprint density at radius 2 is 1.83 bits per heavy atom. The van der Waals surface area contributed by atoms with Crippen molar-refractivity contribution in [1.29, 1.82) is 0 Å². The number of hydrogen-bond acceptors (Lipinski definition) is 2. The summed E-state index contributed by atoms with van der Waals surface area (Å²) in [5.41, 5.74) is 7.45. The summed E-state index contributed by atoms with van der Waals surface area (Å²) in [5.74, 6) is 0.502. The van der Waals surface area contributed by atoms with E-state index in [4.69, 9.17) is 5.73 Å². The Morgan fingerprint density at radius 3 is 2.28 bits per heavy atom. The maximum atomic E-state index is 12.3. The second-order valence-electron chi connectivity index (χ2n) is 5.49. The minimum Gasteiger partial charge on any atom is -0.393 e. The average molecular weight is 253 g/mol. The van der Waals surface area contributed by atoms with Crippen molar-refractivity contribution in [2.45, 2.75) is 66.5 Å². The van der Waals surface area contributed by atoms with Crippen molar-refractivity contribution in [3.05, 3.63) is 16.0 Å². The van der Waals surface area contributed by atoms with Crippen molar-refractivity contribution in [3.63, 3.8) is 0 Å². The van der Waals surface area contributed by atoms with Crippen LogP contribution in [-0.2, 0) is 13.0 Å². The fourth-order valence-electron chi connectivity index (χ4n) is 2.29. The minimum atomic E-state index is -0.0200. The Kier molecular flexibility index (Phi) is 5.05. The third-order valence-corrected chi connectivity index (χ3v) is 3.37. The van der Waals surface area contributed by atoms with Gasteiger partial charge in [0.15, 0.2) is 0 Å². The van der Waals surface area contributed by atoms with E-state index in [1.807, 2.05) is 4.68 Å². The van der Waals surface area contributed by atoms with Crippen LogP contribution < -0.4 is 11.3 Å². The molecule has 18 heavy (non-hydrogen) atoms. The van der Waals surface area contributed by atoms with Gasteiger partial charge in [-0.25, -0.2) is 4.68 Å². The van der Waals surface area contributed by atoms with Gasteiger partial charge in [-0.15, -0.1) is 0 Å². The summed E-state index contributed by atoms with van der Waals surface area (Å²) >= 11 is 0. The molecule has 1 aromatic rings. The number of aromatic nitrogens is 2. The molecule has 0 aliphatic carbocycles. The smallest absolute Gasteiger partial charge is 0.290 e. The highest BCUT2D eigenvalue weighted by Gasteiger charge is 2.20. The van der Waals surface area contributed by atoms with Crippen LogP contribution in [0.5, 0.6) is 0 Å². The van der Waals surface area contributed by atoms with Gasteiger partial charge in [-0.2, -0.15) is 0 Å². The molecular weight excluding hydrogens is 226 g/mol. The minimum absolute atomic E-state index is 0.0200. The topological polar surface area (TPSA) is 52.9 Å². The van der Waals surface area contributed by atoms with Crippen molar-refractivity contribution in [2.24, 2.45) is 5.92 Å². The predicted octanol–water partition coefficient (Wildman–Crippen LogP) is 2.81. The van der Waals surface area contributed by atoms with Gasteiger partial charge in [0, 0.05) is 6.54 Å². The Balaban J connectivity index is 3.37. The van der Waals surface area contributed by atoms with E-state index in [0.29, 0.717) is 11.6 Å². The van der Waals surface area contributed by atoms with E-state index in [1.54, 1.807) is 0 Å².